The van der Waals surface area contributed by atoms with Gasteiger partial charge < -0.3 is 4.74 Å². The number of fused-ring (bicyclic) bond motifs is 1. The molecule has 0 bridgehead atoms. The molecular weight excluding hydrogens is 279 g/mol. The maximum Gasteiger partial charge on any atom is 0.240 e. The van der Waals surface area contributed by atoms with Gasteiger partial charge in [0.25, 0.3) is 0 Å². The lowest BCUT2D eigenvalue weighted by Crippen LogP contribution is -2.19. The molecule has 2 heterocycles. The van der Waals surface area contributed by atoms with Crippen LogP contribution in [0.2, 0.25) is 0 Å². The maximum absolute atomic E-state index is 14.2. The van der Waals surface area contributed by atoms with E-state index in [4.69, 9.17) is 4.74 Å². The van der Waals surface area contributed by atoms with Crippen molar-refractivity contribution in [3.05, 3.63) is 29.7 Å². The van der Waals surface area contributed by atoms with E-state index >= 15 is 0 Å². The number of nitrogens with zero attached hydrogens (tertiary/aromatic N) is 2. The first kappa shape index (κ1) is 13.8. The Morgan fingerprint density at radius 2 is 2.09 bits per heavy atom. The van der Waals surface area contributed by atoms with E-state index in [9.17, 15) is 4.39 Å². The van der Waals surface area contributed by atoms with Crippen molar-refractivity contribution in [1.29, 1.82) is 0 Å². The van der Waals surface area contributed by atoms with Crippen molar-refractivity contribution < 1.29 is 9.13 Å². The second-order valence-electron chi connectivity index (χ2n) is 6.19. The minimum Gasteiger partial charge on any atom is -0.356 e. The molecule has 1 saturated carbocycles. The molecule has 1 atom stereocenters. The van der Waals surface area contributed by atoms with Crippen LogP contribution in [0.4, 0.5) is 4.39 Å². The fraction of sp³-hybridized carbons (Fsp3) is 0.500. The molecule has 1 aromatic carbocycles. The average molecular weight is 298 g/mol. The SMILES string of the molecule is Fc1nn([C@@H]2CCCCO2)c2ccc(C#CC3CCC3)cc12. The van der Waals surface area contributed by atoms with Crippen molar-refractivity contribution in [1.82, 2.24) is 9.78 Å². The van der Waals surface area contributed by atoms with Gasteiger partial charge in [-0.25, -0.2) is 4.68 Å². The minimum atomic E-state index is -0.434. The van der Waals surface area contributed by atoms with Crippen LogP contribution in [0.25, 0.3) is 10.9 Å². The summed E-state index contributed by atoms with van der Waals surface area (Å²) in [6.07, 6.45) is 6.58. The zero-order valence-electron chi connectivity index (χ0n) is 12.5. The maximum atomic E-state index is 14.2. The fourth-order valence-corrected chi connectivity index (χ4v) is 3.06. The van der Waals surface area contributed by atoms with E-state index in [1.54, 1.807) is 4.68 Å². The normalized spacial score (nSPS) is 22.1. The Kier molecular flexibility index (Phi) is 3.59. The van der Waals surface area contributed by atoms with Gasteiger partial charge in [-0.2, -0.15) is 4.39 Å². The van der Waals surface area contributed by atoms with Gasteiger partial charge in [0.2, 0.25) is 5.95 Å². The number of hydrogen-bond acceptors (Lipinski definition) is 2. The quantitative estimate of drug-likeness (QED) is 0.743. The predicted octanol–water partition coefficient (Wildman–Crippen LogP) is 4.03. The Balaban J connectivity index is 1.67. The molecule has 2 aromatic rings. The third kappa shape index (κ3) is 2.50. The van der Waals surface area contributed by atoms with E-state index in [0.29, 0.717) is 11.3 Å². The second kappa shape index (κ2) is 5.73. The smallest absolute Gasteiger partial charge is 0.240 e. The zero-order valence-corrected chi connectivity index (χ0v) is 12.5. The summed E-state index contributed by atoms with van der Waals surface area (Å²) in [7, 11) is 0. The minimum absolute atomic E-state index is 0.146. The molecule has 0 unspecified atom stereocenters. The Hall–Kier alpha value is -1.86. The van der Waals surface area contributed by atoms with E-state index in [1.807, 2.05) is 18.2 Å². The van der Waals surface area contributed by atoms with Crippen LogP contribution < -0.4 is 0 Å². The first-order valence-corrected chi connectivity index (χ1v) is 8.12. The molecule has 2 aliphatic rings. The zero-order chi connectivity index (χ0) is 14.9. The van der Waals surface area contributed by atoms with E-state index in [2.05, 4.69) is 16.9 Å². The highest BCUT2D eigenvalue weighted by Crippen LogP contribution is 2.28. The lowest BCUT2D eigenvalue weighted by atomic mass is 9.86. The van der Waals surface area contributed by atoms with E-state index in [-0.39, 0.29) is 6.23 Å². The van der Waals surface area contributed by atoms with Crippen LogP contribution in [0.15, 0.2) is 18.2 Å². The van der Waals surface area contributed by atoms with E-state index < -0.39 is 5.95 Å². The second-order valence-corrected chi connectivity index (χ2v) is 6.19. The Bertz CT molecular complexity index is 746. The number of aromatic nitrogens is 2. The summed E-state index contributed by atoms with van der Waals surface area (Å²) in [5, 5.41) is 4.59. The van der Waals surface area contributed by atoms with Crippen molar-refractivity contribution in [2.75, 3.05) is 6.61 Å². The van der Waals surface area contributed by atoms with Crippen LogP contribution in [0.3, 0.4) is 0 Å². The first-order chi connectivity index (χ1) is 10.8. The standard InChI is InChI=1S/C18H19FN2O/c19-18-15-12-14(8-7-13-4-3-5-13)9-10-16(15)21(20-18)17-6-1-2-11-22-17/h9-10,12-13,17H,1-6,11H2/t17-/m0/s1. The van der Waals surface area contributed by atoms with Gasteiger partial charge in [0.15, 0.2) is 6.23 Å². The molecule has 0 radical (unpaired) electrons. The molecule has 4 heteroatoms. The molecule has 2 fully saturated rings. The van der Waals surface area contributed by atoms with Crippen LogP contribution in [-0.2, 0) is 4.74 Å². The third-order valence-electron chi connectivity index (χ3n) is 4.62. The lowest BCUT2D eigenvalue weighted by Gasteiger charge is -2.23. The highest BCUT2D eigenvalue weighted by atomic mass is 19.1. The molecule has 22 heavy (non-hydrogen) atoms. The fourth-order valence-electron chi connectivity index (χ4n) is 3.06. The summed E-state index contributed by atoms with van der Waals surface area (Å²) in [6, 6.07) is 5.67. The van der Waals surface area contributed by atoms with Gasteiger partial charge in [-0.15, -0.1) is 5.10 Å². The molecule has 0 amide bonds. The van der Waals surface area contributed by atoms with Gasteiger partial charge in [-0.05, 0) is 50.3 Å². The van der Waals surface area contributed by atoms with Crippen molar-refractivity contribution in [2.45, 2.75) is 44.8 Å². The highest BCUT2D eigenvalue weighted by Gasteiger charge is 2.21. The highest BCUT2D eigenvalue weighted by molar-refractivity contribution is 5.81. The summed E-state index contributed by atoms with van der Waals surface area (Å²) < 4.78 is 21.6. The molecule has 0 spiro atoms. The molecule has 1 saturated heterocycles. The van der Waals surface area contributed by atoms with Crippen molar-refractivity contribution in [3.8, 4) is 11.8 Å². The Morgan fingerprint density at radius 1 is 1.18 bits per heavy atom. The summed E-state index contributed by atoms with van der Waals surface area (Å²) in [5.74, 6) is 6.53. The molecule has 1 aliphatic heterocycles. The largest absolute Gasteiger partial charge is 0.356 e. The van der Waals surface area contributed by atoms with Gasteiger partial charge in [-0.3, -0.25) is 0 Å². The average Bonchev–Trinajstić information content (AvgIpc) is 2.84. The van der Waals surface area contributed by atoms with E-state index in [0.717, 1.165) is 36.9 Å². The molecule has 1 aromatic heterocycles. The topological polar surface area (TPSA) is 27.1 Å². The molecular formula is C18H19FN2O. The summed E-state index contributed by atoms with van der Waals surface area (Å²) >= 11 is 0. The van der Waals surface area contributed by atoms with Gasteiger partial charge in [0.05, 0.1) is 10.9 Å². The van der Waals surface area contributed by atoms with Crippen LogP contribution in [-0.4, -0.2) is 16.4 Å². The first-order valence-electron chi connectivity index (χ1n) is 8.12. The third-order valence-corrected chi connectivity index (χ3v) is 4.62. The molecule has 4 rings (SSSR count). The van der Waals surface area contributed by atoms with Crippen molar-refractivity contribution in [3.63, 3.8) is 0 Å². The van der Waals surface area contributed by atoms with Gasteiger partial charge >= 0.3 is 0 Å². The number of hydrogen-bond donors (Lipinski definition) is 0. The van der Waals surface area contributed by atoms with Gasteiger partial charge in [0, 0.05) is 18.1 Å². The lowest BCUT2D eigenvalue weighted by molar-refractivity contribution is -0.0375. The number of rotatable bonds is 1. The molecule has 1 aliphatic carbocycles. The van der Waals surface area contributed by atoms with Crippen LogP contribution in [0.5, 0.6) is 0 Å². The number of halogens is 1. The molecule has 3 nitrogen and oxygen atoms in total. The van der Waals surface area contributed by atoms with Crippen molar-refractivity contribution >= 4 is 10.9 Å². The summed E-state index contributed by atoms with van der Waals surface area (Å²) in [4.78, 5) is 0. The van der Waals surface area contributed by atoms with Gasteiger partial charge in [-0.1, -0.05) is 18.3 Å². The molecule has 114 valence electrons. The van der Waals surface area contributed by atoms with Crippen LogP contribution >= 0.6 is 0 Å². The van der Waals surface area contributed by atoms with Crippen LogP contribution in [0, 0.1) is 23.7 Å². The monoisotopic (exact) mass is 298 g/mol. The predicted molar refractivity (Wildman–Crippen MR) is 82.8 cm³/mol. The summed E-state index contributed by atoms with van der Waals surface area (Å²) in [6.45, 7) is 0.721. The molecule has 0 N–H and O–H groups in total. The summed E-state index contributed by atoms with van der Waals surface area (Å²) in [5.41, 5.74) is 1.65. The Morgan fingerprint density at radius 3 is 2.82 bits per heavy atom. The van der Waals surface area contributed by atoms with E-state index in [1.165, 1.54) is 19.3 Å². The van der Waals surface area contributed by atoms with Crippen molar-refractivity contribution in [2.24, 2.45) is 5.92 Å². The number of benzene rings is 1. The van der Waals surface area contributed by atoms with Gasteiger partial charge in [0.1, 0.15) is 0 Å². The number of ether oxygens (including phenoxy) is 1. The van der Waals surface area contributed by atoms with Crippen LogP contribution in [0.1, 0.15) is 50.3 Å². The Labute approximate surface area is 129 Å².